The van der Waals surface area contributed by atoms with Crippen molar-refractivity contribution in [3.8, 4) is 11.9 Å². The minimum absolute atomic E-state index is 0.0474. The van der Waals surface area contributed by atoms with E-state index in [2.05, 4.69) is 62.7 Å². The fraction of sp³-hybridized carbons (Fsp3) is 0.361. The molecule has 6 rings (SSSR count). The number of halogens is 3. The molecular formula is C36H38Cl2FN9O. The van der Waals surface area contributed by atoms with Crippen LogP contribution in [0.4, 0.5) is 21.5 Å². The van der Waals surface area contributed by atoms with Gasteiger partial charge >= 0.3 is 0 Å². The summed E-state index contributed by atoms with van der Waals surface area (Å²) >= 11 is 12.9. The maximum atomic E-state index is 13.9. The lowest BCUT2D eigenvalue weighted by atomic mass is 9.98. The van der Waals surface area contributed by atoms with E-state index in [-0.39, 0.29) is 28.3 Å². The second-order valence-corrected chi connectivity index (χ2v) is 14.2. The van der Waals surface area contributed by atoms with Crippen molar-refractivity contribution in [1.82, 2.24) is 29.9 Å². The van der Waals surface area contributed by atoms with Crippen LogP contribution in [0.5, 0.6) is 5.88 Å². The highest BCUT2D eigenvalue weighted by atomic mass is 35.5. The van der Waals surface area contributed by atoms with Gasteiger partial charge in [-0.15, -0.1) is 5.10 Å². The molecule has 2 N–H and O–H groups in total. The zero-order valence-electron chi connectivity index (χ0n) is 28.0. The molecule has 1 saturated heterocycles. The molecular weight excluding hydrogens is 664 g/mol. The van der Waals surface area contributed by atoms with Crippen molar-refractivity contribution in [2.75, 3.05) is 23.7 Å². The number of likely N-dealkylation sites (tertiary alicyclic amines) is 1. The number of piperidine rings is 1. The van der Waals surface area contributed by atoms with Crippen molar-refractivity contribution < 1.29 is 9.13 Å². The van der Waals surface area contributed by atoms with E-state index >= 15 is 0 Å². The molecule has 0 unspecified atom stereocenters. The van der Waals surface area contributed by atoms with E-state index in [0.717, 1.165) is 31.5 Å². The Labute approximate surface area is 295 Å². The third kappa shape index (κ3) is 7.57. The van der Waals surface area contributed by atoms with Gasteiger partial charge in [-0.05, 0) is 89.9 Å². The third-order valence-corrected chi connectivity index (χ3v) is 9.19. The molecule has 0 bridgehead atoms. The van der Waals surface area contributed by atoms with Gasteiger partial charge in [-0.2, -0.15) is 5.26 Å². The monoisotopic (exact) mass is 701 g/mol. The summed E-state index contributed by atoms with van der Waals surface area (Å²) < 4.78 is 22.0. The molecule has 0 amide bonds. The van der Waals surface area contributed by atoms with Crippen LogP contribution in [0.15, 0.2) is 61.1 Å². The predicted octanol–water partition coefficient (Wildman–Crippen LogP) is 8.71. The lowest BCUT2D eigenvalue weighted by Gasteiger charge is -2.40. The fourth-order valence-corrected chi connectivity index (χ4v) is 6.55. The molecule has 0 saturated carbocycles. The summed E-state index contributed by atoms with van der Waals surface area (Å²) in [7, 11) is 0. The molecule has 10 nitrogen and oxygen atoms in total. The minimum atomic E-state index is -0.545. The third-order valence-electron chi connectivity index (χ3n) is 8.62. The Kier molecular flexibility index (Phi) is 9.93. The maximum absolute atomic E-state index is 13.9. The molecule has 3 aromatic heterocycles. The normalized spacial score (nSPS) is 14.9. The molecule has 0 spiro atoms. The number of rotatable bonds is 9. The predicted molar refractivity (Wildman–Crippen MR) is 191 cm³/mol. The van der Waals surface area contributed by atoms with Gasteiger partial charge < -0.3 is 15.4 Å². The number of anilines is 3. The van der Waals surface area contributed by atoms with Crippen LogP contribution in [-0.4, -0.2) is 54.6 Å². The molecule has 0 aliphatic carbocycles. The molecule has 1 aliphatic rings. The molecule has 49 heavy (non-hydrogen) atoms. The van der Waals surface area contributed by atoms with Gasteiger partial charge in [-0.1, -0.05) is 28.4 Å². The summed E-state index contributed by atoms with van der Waals surface area (Å²) in [6.45, 7) is 12.6. The Morgan fingerprint density at radius 3 is 2.49 bits per heavy atom. The highest BCUT2D eigenvalue weighted by Crippen LogP contribution is 2.38. The molecule has 13 heteroatoms. The molecule has 5 aromatic rings. The first-order valence-corrected chi connectivity index (χ1v) is 17.0. The van der Waals surface area contributed by atoms with Crippen molar-refractivity contribution >= 4 is 51.2 Å². The number of nitrogens with zero attached hydrogens (tertiary/aromatic N) is 7. The first-order chi connectivity index (χ1) is 23.4. The summed E-state index contributed by atoms with van der Waals surface area (Å²) in [5, 5.41) is 27.0. The summed E-state index contributed by atoms with van der Waals surface area (Å²) in [5.41, 5.74) is 3.91. The van der Waals surface area contributed by atoms with Gasteiger partial charge in [-0.25, -0.2) is 14.1 Å². The number of aromatic nitrogens is 5. The molecule has 1 atom stereocenters. The zero-order valence-corrected chi connectivity index (χ0v) is 29.5. The summed E-state index contributed by atoms with van der Waals surface area (Å²) in [6, 6.07) is 13.6. The number of benzene rings is 2. The first kappa shape index (κ1) is 34.4. The number of hydrogen-bond donors (Lipinski definition) is 2. The topological polar surface area (TPSA) is 117 Å². The molecule has 1 fully saturated rings. The number of hydrogen-bond acceptors (Lipinski definition) is 9. The van der Waals surface area contributed by atoms with Crippen LogP contribution in [0.2, 0.25) is 10.0 Å². The van der Waals surface area contributed by atoms with E-state index < -0.39 is 11.9 Å². The Morgan fingerprint density at radius 1 is 1.04 bits per heavy atom. The van der Waals surface area contributed by atoms with Gasteiger partial charge in [0.15, 0.2) is 0 Å². The Hall–Kier alpha value is -4.50. The Balaban J connectivity index is 1.40. The number of nitrogens with one attached hydrogen (secondary N) is 2. The van der Waals surface area contributed by atoms with Crippen LogP contribution < -0.4 is 15.4 Å². The number of nitriles is 1. The van der Waals surface area contributed by atoms with Gasteiger partial charge in [0.25, 0.3) is 0 Å². The molecule has 4 heterocycles. The zero-order chi connectivity index (χ0) is 34.9. The first-order valence-electron chi connectivity index (χ1n) is 16.2. The number of ether oxygens (including phenoxy) is 1. The van der Waals surface area contributed by atoms with E-state index in [0.29, 0.717) is 44.6 Å². The SMILES string of the molecule is CC(C)Oc1ncccc1[C@H](Nc1cc(Cl)c2ncc(C#N)c(Nc3ccc(F)c(Cl)c3)c2c1)c1cn(C2CCN(C(C)(C)C)CC2)nn1. The van der Waals surface area contributed by atoms with Crippen molar-refractivity contribution in [1.29, 1.82) is 5.26 Å². The van der Waals surface area contributed by atoms with E-state index in [9.17, 15) is 9.65 Å². The second kappa shape index (κ2) is 14.2. The van der Waals surface area contributed by atoms with Crippen molar-refractivity contribution in [3.05, 3.63) is 93.7 Å². The summed E-state index contributed by atoms with van der Waals surface area (Å²) in [5.74, 6) is -0.0738. The van der Waals surface area contributed by atoms with E-state index in [4.69, 9.17) is 27.9 Å². The maximum Gasteiger partial charge on any atom is 0.219 e. The quantitative estimate of drug-likeness (QED) is 0.156. The number of pyridine rings is 2. The Morgan fingerprint density at radius 2 is 1.80 bits per heavy atom. The van der Waals surface area contributed by atoms with Gasteiger partial charge in [-0.3, -0.25) is 9.88 Å². The molecule has 0 radical (unpaired) electrons. The van der Waals surface area contributed by atoms with E-state index in [1.165, 1.54) is 18.3 Å². The highest BCUT2D eigenvalue weighted by molar-refractivity contribution is 6.36. The summed E-state index contributed by atoms with van der Waals surface area (Å²) in [6.07, 6.45) is 6.96. The van der Waals surface area contributed by atoms with Crippen LogP contribution in [-0.2, 0) is 0 Å². The van der Waals surface area contributed by atoms with Gasteiger partial charge in [0.05, 0.1) is 45.2 Å². The second-order valence-electron chi connectivity index (χ2n) is 13.4. The molecule has 254 valence electrons. The fourth-order valence-electron chi connectivity index (χ4n) is 6.11. The van der Waals surface area contributed by atoms with Crippen molar-refractivity contribution in [2.45, 2.75) is 71.2 Å². The van der Waals surface area contributed by atoms with E-state index in [1.807, 2.05) is 42.9 Å². The van der Waals surface area contributed by atoms with Gasteiger partial charge in [0, 0.05) is 53.3 Å². The van der Waals surface area contributed by atoms with Crippen LogP contribution in [0.3, 0.4) is 0 Å². The Bertz CT molecular complexity index is 2010. The van der Waals surface area contributed by atoms with Crippen molar-refractivity contribution in [3.63, 3.8) is 0 Å². The molecule has 1 aliphatic heterocycles. The average molecular weight is 703 g/mol. The molecule has 2 aromatic carbocycles. The van der Waals surface area contributed by atoms with Crippen molar-refractivity contribution in [2.24, 2.45) is 0 Å². The van der Waals surface area contributed by atoms with Crippen LogP contribution in [0.1, 0.15) is 76.4 Å². The van der Waals surface area contributed by atoms with Crippen LogP contribution >= 0.6 is 23.2 Å². The van der Waals surface area contributed by atoms with E-state index in [1.54, 1.807) is 18.3 Å². The summed E-state index contributed by atoms with van der Waals surface area (Å²) in [4.78, 5) is 11.5. The largest absolute Gasteiger partial charge is 0.475 e. The van der Waals surface area contributed by atoms with Gasteiger partial charge in [0.2, 0.25) is 5.88 Å². The number of fused-ring (bicyclic) bond motifs is 1. The average Bonchev–Trinajstić information content (AvgIpc) is 3.56. The minimum Gasteiger partial charge on any atom is -0.475 e. The highest BCUT2D eigenvalue weighted by Gasteiger charge is 2.30. The van der Waals surface area contributed by atoms with Crippen LogP contribution in [0, 0.1) is 17.1 Å². The standard InChI is InChI=1S/C36H38Cl2FN9O/c1-21(2)49-35-26(7-6-12-41-35)34(31-20-48(46-45-31)25-10-13-47(14-11-25)36(3,4)5)44-24-15-27-32(43-23-8-9-30(39)28(37)16-23)22(18-40)19-42-33(27)29(38)17-24/h6-9,12,15-17,19-21,25,34,44H,10-11,13-14H2,1-5H3,(H,42,43)/t34-/m0/s1. The lowest BCUT2D eigenvalue weighted by Crippen LogP contribution is -2.46. The van der Waals surface area contributed by atoms with Gasteiger partial charge in [0.1, 0.15) is 23.6 Å². The smallest absolute Gasteiger partial charge is 0.219 e. The lowest BCUT2D eigenvalue weighted by molar-refractivity contribution is 0.0866. The van der Waals surface area contributed by atoms with Crippen LogP contribution in [0.25, 0.3) is 10.9 Å².